The molecular weight excluding hydrogens is 609 g/mol. The van der Waals surface area contributed by atoms with E-state index < -0.39 is 22.5 Å². The molecule has 3 aromatic rings. The number of alkyl halides is 1. The van der Waals surface area contributed by atoms with Gasteiger partial charge in [-0.1, -0.05) is 28.1 Å². The van der Waals surface area contributed by atoms with Gasteiger partial charge in [0.1, 0.15) is 18.3 Å². The Kier molecular flexibility index (Phi) is 8.01. The number of carbonyl (C=O) groups excluding carboxylic acids is 1. The molecule has 35 heavy (non-hydrogen) atoms. The number of rotatable bonds is 9. The number of halogens is 3. The van der Waals surface area contributed by atoms with E-state index in [4.69, 9.17) is 5.14 Å². The molecule has 0 spiro atoms. The van der Waals surface area contributed by atoms with Crippen molar-refractivity contribution in [2.75, 3.05) is 11.9 Å². The predicted octanol–water partition coefficient (Wildman–Crippen LogP) is 3.83. The van der Waals surface area contributed by atoms with Crippen LogP contribution in [0.5, 0.6) is 0 Å². The van der Waals surface area contributed by atoms with Gasteiger partial charge in [0.05, 0.1) is 22.8 Å². The lowest BCUT2D eigenvalue weighted by Gasteiger charge is -2.17. The van der Waals surface area contributed by atoms with E-state index in [1.54, 1.807) is 12.3 Å². The van der Waals surface area contributed by atoms with Gasteiger partial charge in [0, 0.05) is 29.0 Å². The number of hydrogen-bond acceptors (Lipinski definition) is 7. The molecule has 0 aliphatic heterocycles. The van der Waals surface area contributed by atoms with E-state index in [0.717, 1.165) is 14.6 Å². The van der Waals surface area contributed by atoms with Crippen molar-refractivity contribution in [1.29, 1.82) is 0 Å². The molecule has 4 rings (SSSR count). The largest absolute Gasteiger partial charge is 0.364 e. The summed E-state index contributed by atoms with van der Waals surface area (Å²) >= 11 is 6.97. The van der Waals surface area contributed by atoms with E-state index in [-0.39, 0.29) is 36.1 Å². The van der Waals surface area contributed by atoms with E-state index in [0.29, 0.717) is 18.5 Å². The van der Waals surface area contributed by atoms with Crippen LogP contribution >= 0.6 is 31.9 Å². The minimum absolute atomic E-state index is 0.104. The van der Waals surface area contributed by atoms with Gasteiger partial charge in [-0.15, -0.1) is 0 Å². The maximum Gasteiger partial charge on any atom is 0.333 e. The van der Waals surface area contributed by atoms with Crippen molar-refractivity contribution in [2.24, 2.45) is 11.1 Å². The molecule has 9 nitrogen and oxygen atoms in total. The molecule has 1 saturated carbocycles. The molecule has 0 radical (unpaired) electrons. The number of hydrogen-bond donors (Lipinski definition) is 2. The third-order valence-corrected chi connectivity index (χ3v) is 7.32. The van der Waals surface area contributed by atoms with Crippen LogP contribution in [0.1, 0.15) is 34.3 Å². The molecule has 13 heteroatoms. The Morgan fingerprint density at radius 2 is 2.09 bits per heavy atom. The van der Waals surface area contributed by atoms with E-state index in [1.807, 2.05) is 28.8 Å². The minimum atomic E-state index is -4.09. The van der Waals surface area contributed by atoms with Crippen LogP contribution in [0, 0.1) is 5.92 Å². The zero-order valence-corrected chi connectivity index (χ0v) is 22.3. The van der Waals surface area contributed by atoms with E-state index in [2.05, 4.69) is 51.3 Å². The fourth-order valence-electron chi connectivity index (χ4n) is 4.06. The molecule has 0 unspecified atom stereocenters. The van der Waals surface area contributed by atoms with Crippen molar-refractivity contribution in [2.45, 2.75) is 31.6 Å². The van der Waals surface area contributed by atoms with Gasteiger partial charge in [-0.2, -0.15) is 8.42 Å². The summed E-state index contributed by atoms with van der Waals surface area (Å²) in [5.74, 6) is -0.448. The fourth-order valence-corrected chi connectivity index (χ4v) is 5.36. The Morgan fingerprint density at radius 1 is 1.29 bits per heavy atom. The molecule has 0 amide bonds. The molecule has 0 saturated heterocycles. The van der Waals surface area contributed by atoms with Gasteiger partial charge in [-0.3, -0.25) is 8.98 Å². The number of anilines is 1. The highest BCUT2D eigenvalue weighted by atomic mass is 79.9. The summed E-state index contributed by atoms with van der Waals surface area (Å²) in [5.41, 5.74) is 1.68. The summed E-state index contributed by atoms with van der Waals surface area (Å²) in [5, 5.41) is 7.85. The van der Waals surface area contributed by atoms with Crippen molar-refractivity contribution in [3.8, 4) is 0 Å². The third kappa shape index (κ3) is 6.73. The van der Waals surface area contributed by atoms with Crippen LogP contribution in [0.3, 0.4) is 0 Å². The lowest BCUT2D eigenvalue weighted by Crippen LogP contribution is -2.27. The predicted molar refractivity (Wildman–Crippen MR) is 135 cm³/mol. The highest BCUT2D eigenvalue weighted by molar-refractivity contribution is 9.10. The Balaban J connectivity index is 1.49. The molecular formula is C22H22Br2FN5O4S. The molecule has 1 aliphatic carbocycles. The normalized spacial score (nSPS) is 20.2. The van der Waals surface area contributed by atoms with Crippen LogP contribution < -0.4 is 10.5 Å². The van der Waals surface area contributed by atoms with Gasteiger partial charge in [0.15, 0.2) is 5.78 Å². The number of benzene rings is 1. The molecule has 0 bridgehead atoms. The quantitative estimate of drug-likeness (QED) is 0.344. The van der Waals surface area contributed by atoms with E-state index >= 15 is 0 Å². The topological polar surface area (TPSA) is 129 Å². The second kappa shape index (κ2) is 10.8. The first-order chi connectivity index (χ1) is 16.6. The Labute approximate surface area is 218 Å². The van der Waals surface area contributed by atoms with Crippen LogP contribution in [0.2, 0.25) is 0 Å². The Hall–Kier alpha value is -2.19. The maximum atomic E-state index is 14.7. The molecule has 1 fully saturated rings. The molecule has 1 aromatic carbocycles. The van der Waals surface area contributed by atoms with Gasteiger partial charge in [-0.05, 0) is 58.5 Å². The Morgan fingerprint density at radius 3 is 2.83 bits per heavy atom. The summed E-state index contributed by atoms with van der Waals surface area (Å²) in [6.07, 6.45) is 3.52. The summed E-state index contributed by atoms with van der Waals surface area (Å²) < 4.78 is 44.9. The summed E-state index contributed by atoms with van der Waals surface area (Å²) in [7, 11) is -4.09. The first-order valence-corrected chi connectivity index (χ1v) is 13.7. The fraction of sp³-hybridized carbons (Fsp3) is 0.318. The van der Waals surface area contributed by atoms with Crippen molar-refractivity contribution >= 4 is 53.8 Å². The van der Waals surface area contributed by atoms with Crippen molar-refractivity contribution in [3.63, 3.8) is 0 Å². The molecule has 3 N–H and O–H groups in total. The number of nitrogens with zero attached hydrogens (tertiary/aromatic N) is 3. The monoisotopic (exact) mass is 629 g/mol. The maximum absolute atomic E-state index is 14.7. The zero-order chi connectivity index (χ0) is 25.2. The van der Waals surface area contributed by atoms with Crippen molar-refractivity contribution in [1.82, 2.24) is 14.5 Å². The second-order valence-electron chi connectivity index (χ2n) is 8.31. The van der Waals surface area contributed by atoms with Crippen LogP contribution in [-0.4, -0.2) is 47.6 Å². The highest BCUT2D eigenvalue weighted by Gasteiger charge is 2.36. The summed E-state index contributed by atoms with van der Waals surface area (Å²) in [6.45, 7) is 0.351. The lowest BCUT2D eigenvalue weighted by atomic mass is 10.1. The standard InChI is InChI=1S/C22H22Br2FN5O4S/c23-16-3-1-2-13(4-16)9-30-10-15(7-20(30)24)21(31)17-8-27-12-28-22(17)29-19-6-14(5-18(19)25)11-34-35(26,32)33/h1-4,7-8,10,12,14,18-19H,5-6,9,11H2,(H2,26,32,33)(H,27,28,29)/t14-,18+,19-/m1/s1. The lowest BCUT2D eigenvalue weighted by molar-refractivity contribution is 0.103. The van der Waals surface area contributed by atoms with Crippen LogP contribution in [0.15, 0.2) is 58.1 Å². The number of nitrogens with two attached hydrogens (primary N) is 1. The summed E-state index contributed by atoms with van der Waals surface area (Å²) in [4.78, 5) is 21.4. The van der Waals surface area contributed by atoms with E-state index in [1.165, 1.54) is 12.5 Å². The van der Waals surface area contributed by atoms with Gasteiger partial charge in [0.25, 0.3) is 0 Å². The molecule has 2 heterocycles. The number of nitrogens with one attached hydrogen (secondary N) is 1. The molecule has 3 atom stereocenters. The number of aromatic nitrogens is 3. The van der Waals surface area contributed by atoms with Crippen LogP contribution in [0.4, 0.5) is 10.2 Å². The molecule has 2 aromatic heterocycles. The van der Waals surface area contributed by atoms with Crippen LogP contribution in [0.25, 0.3) is 0 Å². The first-order valence-electron chi connectivity index (χ1n) is 10.6. The smallest absolute Gasteiger partial charge is 0.333 e. The minimum Gasteiger partial charge on any atom is -0.364 e. The van der Waals surface area contributed by atoms with Gasteiger partial charge < -0.3 is 9.88 Å². The third-order valence-electron chi connectivity index (χ3n) is 5.68. The summed E-state index contributed by atoms with van der Waals surface area (Å²) in [6, 6.07) is 8.91. The Bertz CT molecular complexity index is 1340. The van der Waals surface area contributed by atoms with Gasteiger partial charge in [-0.25, -0.2) is 19.5 Å². The highest BCUT2D eigenvalue weighted by Crippen LogP contribution is 2.32. The average Bonchev–Trinajstić information content (AvgIpc) is 3.34. The van der Waals surface area contributed by atoms with Gasteiger partial charge >= 0.3 is 10.3 Å². The van der Waals surface area contributed by atoms with E-state index in [9.17, 15) is 17.6 Å². The SMILES string of the molecule is NS(=O)(=O)OC[C@@H]1C[C@H](F)[C@H](Nc2ncncc2C(=O)c2cc(Br)n(Cc3cccc(Br)c3)c2)C1. The average molecular weight is 631 g/mol. The number of ketones is 1. The first kappa shape index (κ1) is 25.9. The zero-order valence-electron chi connectivity index (χ0n) is 18.3. The van der Waals surface area contributed by atoms with Crippen LogP contribution in [-0.2, 0) is 21.0 Å². The van der Waals surface area contributed by atoms with Gasteiger partial charge in [0.2, 0.25) is 0 Å². The molecule has 186 valence electrons. The molecule has 1 aliphatic rings. The number of carbonyl (C=O) groups is 1. The van der Waals surface area contributed by atoms with Crippen molar-refractivity contribution < 1.29 is 21.8 Å². The van der Waals surface area contributed by atoms with Crippen molar-refractivity contribution in [3.05, 3.63) is 74.8 Å². The second-order valence-corrected chi connectivity index (χ2v) is 11.3.